The molecule has 0 unspecified atom stereocenters. The van der Waals surface area contributed by atoms with Gasteiger partial charge in [0, 0.05) is 32.7 Å². The smallest absolute Gasteiger partial charge is 0.232 e. The lowest BCUT2D eigenvalue weighted by Gasteiger charge is -2.34. The second-order valence-electron chi connectivity index (χ2n) is 6.74. The van der Waals surface area contributed by atoms with E-state index >= 15 is 0 Å². The lowest BCUT2D eigenvalue weighted by atomic mass is 10.3. The van der Waals surface area contributed by atoms with Crippen molar-refractivity contribution in [3.8, 4) is 0 Å². The first-order valence-electron chi connectivity index (χ1n) is 8.91. The maximum Gasteiger partial charge on any atom is 0.232 e. The summed E-state index contributed by atoms with van der Waals surface area (Å²) < 4.78 is 5.56. The molecule has 0 saturated carbocycles. The topological polar surface area (TPSA) is 57.6 Å². The zero-order chi connectivity index (χ0) is 15.6. The summed E-state index contributed by atoms with van der Waals surface area (Å²) in [5.74, 6) is 2.53. The van der Waals surface area contributed by atoms with E-state index in [1.807, 2.05) is 0 Å². The van der Waals surface area contributed by atoms with Gasteiger partial charge in [0.2, 0.25) is 17.8 Å². The first-order chi connectivity index (χ1) is 11.3. The van der Waals surface area contributed by atoms with E-state index in [1.165, 1.54) is 25.7 Å². The highest BCUT2D eigenvalue weighted by atomic mass is 16.5. The van der Waals surface area contributed by atoms with Crippen molar-refractivity contribution in [2.75, 3.05) is 60.6 Å². The lowest BCUT2D eigenvalue weighted by molar-refractivity contribution is 0.0981. The normalized spacial score (nSPS) is 25.4. The molecule has 4 heterocycles. The van der Waals surface area contributed by atoms with Crippen molar-refractivity contribution in [3.63, 3.8) is 0 Å². The summed E-state index contributed by atoms with van der Waals surface area (Å²) in [6, 6.07) is 0.309. The van der Waals surface area contributed by atoms with Gasteiger partial charge in [-0.2, -0.15) is 15.0 Å². The van der Waals surface area contributed by atoms with Gasteiger partial charge < -0.3 is 19.4 Å². The monoisotopic (exact) mass is 318 g/mol. The summed E-state index contributed by atoms with van der Waals surface area (Å²) in [6.45, 7) is 8.74. The number of nitrogens with zero attached hydrogens (tertiary/aromatic N) is 6. The van der Waals surface area contributed by atoms with Crippen molar-refractivity contribution < 1.29 is 4.74 Å². The number of morpholine rings is 1. The van der Waals surface area contributed by atoms with Crippen molar-refractivity contribution >= 4 is 17.8 Å². The molecule has 1 aromatic heterocycles. The van der Waals surface area contributed by atoms with Gasteiger partial charge in [0.25, 0.3) is 0 Å². The van der Waals surface area contributed by atoms with Gasteiger partial charge in [-0.1, -0.05) is 0 Å². The second-order valence-corrected chi connectivity index (χ2v) is 6.74. The van der Waals surface area contributed by atoms with Crippen LogP contribution in [0.5, 0.6) is 0 Å². The third-order valence-electron chi connectivity index (χ3n) is 5.00. The molecule has 1 aromatic rings. The number of ether oxygens (including phenoxy) is 1. The Morgan fingerprint density at radius 2 is 1.30 bits per heavy atom. The van der Waals surface area contributed by atoms with Crippen LogP contribution in [0.2, 0.25) is 0 Å². The molecule has 126 valence electrons. The van der Waals surface area contributed by atoms with Gasteiger partial charge in [0.05, 0.1) is 19.3 Å². The highest BCUT2D eigenvalue weighted by Crippen LogP contribution is 2.25. The van der Waals surface area contributed by atoms with Crippen LogP contribution < -0.4 is 14.7 Å². The minimum atomic E-state index is 0.309. The molecule has 4 rings (SSSR count). The summed E-state index contributed by atoms with van der Waals surface area (Å²) in [5.41, 5.74) is 0. The highest BCUT2D eigenvalue weighted by Gasteiger charge is 2.26. The molecule has 3 saturated heterocycles. The van der Waals surface area contributed by atoms with Crippen molar-refractivity contribution in [2.24, 2.45) is 0 Å². The molecule has 0 spiro atoms. The van der Waals surface area contributed by atoms with Crippen molar-refractivity contribution in [2.45, 2.75) is 38.6 Å². The molecule has 0 radical (unpaired) electrons. The standard InChI is InChI=1S/C16H26N6O/c1-13-12-23-11-10-22(13)16-18-14(20-6-2-3-7-20)17-15(19-16)21-8-4-5-9-21/h13H,2-12H2,1H3/t13-/m0/s1. The lowest BCUT2D eigenvalue weighted by Crippen LogP contribution is -2.45. The SMILES string of the molecule is C[C@H]1COCCN1c1nc(N2CCCC2)nc(N2CCCC2)n1. The number of rotatable bonds is 3. The molecule has 7 nitrogen and oxygen atoms in total. The van der Waals surface area contributed by atoms with Gasteiger partial charge in [0.15, 0.2) is 0 Å². The molecule has 0 amide bonds. The van der Waals surface area contributed by atoms with Gasteiger partial charge in [0.1, 0.15) is 0 Å². The third kappa shape index (κ3) is 3.06. The van der Waals surface area contributed by atoms with E-state index in [2.05, 4.69) is 21.6 Å². The molecular weight excluding hydrogens is 292 g/mol. The Morgan fingerprint density at radius 1 is 0.783 bits per heavy atom. The summed E-state index contributed by atoms with van der Waals surface area (Å²) in [6.07, 6.45) is 4.92. The van der Waals surface area contributed by atoms with Gasteiger partial charge >= 0.3 is 0 Å². The third-order valence-corrected chi connectivity index (χ3v) is 5.00. The van der Waals surface area contributed by atoms with E-state index in [0.717, 1.165) is 63.8 Å². The fourth-order valence-corrected chi connectivity index (χ4v) is 3.61. The molecule has 3 fully saturated rings. The van der Waals surface area contributed by atoms with Crippen molar-refractivity contribution in [1.29, 1.82) is 0 Å². The Balaban J connectivity index is 1.68. The number of anilines is 3. The van der Waals surface area contributed by atoms with Crippen LogP contribution in [-0.4, -0.2) is 66.9 Å². The Bertz CT molecular complexity index is 507. The fourth-order valence-electron chi connectivity index (χ4n) is 3.61. The van der Waals surface area contributed by atoms with Crippen LogP contribution in [0.1, 0.15) is 32.6 Å². The molecule has 1 atom stereocenters. The number of hydrogen-bond acceptors (Lipinski definition) is 7. The van der Waals surface area contributed by atoms with E-state index in [9.17, 15) is 0 Å². The van der Waals surface area contributed by atoms with Gasteiger partial charge in [-0.15, -0.1) is 0 Å². The fraction of sp³-hybridized carbons (Fsp3) is 0.812. The minimum Gasteiger partial charge on any atom is -0.377 e. The predicted octanol–water partition coefficient (Wildman–Crippen LogP) is 1.30. The molecule has 0 N–H and O–H groups in total. The largest absolute Gasteiger partial charge is 0.377 e. The molecule has 0 aromatic carbocycles. The van der Waals surface area contributed by atoms with Crippen LogP contribution in [0.15, 0.2) is 0 Å². The van der Waals surface area contributed by atoms with Gasteiger partial charge in [-0.05, 0) is 32.6 Å². The maximum atomic E-state index is 5.56. The van der Waals surface area contributed by atoms with Gasteiger partial charge in [-0.3, -0.25) is 0 Å². The Morgan fingerprint density at radius 3 is 1.83 bits per heavy atom. The average molecular weight is 318 g/mol. The predicted molar refractivity (Wildman–Crippen MR) is 90.3 cm³/mol. The van der Waals surface area contributed by atoms with Crippen molar-refractivity contribution in [3.05, 3.63) is 0 Å². The van der Waals surface area contributed by atoms with Crippen LogP contribution >= 0.6 is 0 Å². The second kappa shape index (κ2) is 6.47. The highest BCUT2D eigenvalue weighted by molar-refractivity contribution is 5.48. The maximum absolute atomic E-state index is 5.56. The van der Waals surface area contributed by atoms with Crippen LogP contribution in [0.25, 0.3) is 0 Å². The van der Waals surface area contributed by atoms with Crippen LogP contribution in [0, 0.1) is 0 Å². The first kappa shape index (κ1) is 14.9. The summed E-state index contributed by atoms with van der Waals surface area (Å²) in [4.78, 5) is 21.3. The molecule has 3 aliphatic heterocycles. The average Bonchev–Trinajstić information content (AvgIpc) is 3.28. The molecular formula is C16H26N6O. The number of aromatic nitrogens is 3. The van der Waals surface area contributed by atoms with E-state index in [0.29, 0.717) is 6.04 Å². The molecule has 0 bridgehead atoms. The van der Waals surface area contributed by atoms with Crippen LogP contribution in [-0.2, 0) is 4.74 Å². The van der Waals surface area contributed by atoms with Crippen LogP contribution in [0.3, 0.4) is 0 Å². The Hall–Kier alpha value is -1.63. The molecule has 0 aliphatic carbocycles. The van der Waals surface area contributed by atoms with Crippen molar-refractivity contribution in [1.82, 2.24) is 15.0 Å². The van der Waals surface area contributed by atoms with Crippen LogP contribution in [0.4, 0.5) is 17.8 Å². The van der Waals surface area contributed by atoms with E-state index < -0.39 is 0 Å². The molecule has 3 aliphatic rings. The zero-order valence-corrected chi connectivity index (χ0v) is 13.9. The first-order valence-corrected chi connectivity index (χ1v) is 8.91. The van der Waals surface area contributed by atoms with E-state index in [4.69, 9.17) is 19.7 Å². The summed E-state index contributed by atoms with van der Waals surface area (Å²) in [5, 5.41) is 0. The zero-order valence-electron chi connectivity index (χ0n) is 13.9. The van der Waals surface area contributed by atoms with Gasteiger partial charge in [-0.25, -0.2) is 0 Å². The Kier molecular flexibility index (Phi) is 4.20. The Labute approximate surface area is 137 Å². The van der Waals surface area contributed by atoms with E-state index in [1.54, 1.807) is 0 Å². The number of hydrogen-bond donors (Lipinski definition) is 0. The van der Waals surface area contributed by atoms with E-state index in [-0.39, 0.29) is 0 Å². The molecule has 7 heteroatoms. The minimum absolute atomic E-state index is 0.309. The molecule has 23 heavy (non-hydrogen) atoms. The summed E-state index contributed by atoms with van der Waals surface area (Å²) >= 11 is 0. The summed E-state index contributed by atoms with van der Waals surface area (Å²) in [7, 11) is 0. The quantitative estimate of drug-likeness (QED) is 0.832.